The van der Waals surface area contributed by atoms with Gasteiger partial charge in [-0.2, -0.15) is 5.10 Å². The van der Waals surface area contributed by atoms with Gasteiger partial charge in [-0.3, -0.25) is 4.79 Å². The maximum atomic E-state index is 12.4. The summed E-state index contributed by atoms with van der Waals surface area (Å²) < 4.78 is 26.5. The van der Waals surface area contributed by atoms with Crippen molar-refractivity contribution in [2.24, 2.45) is 5.10 Å². The zero-order valence-electron chi connectivity index (χ0n) is 16.6. The quantitative estimate of drug-likeness (QED) is 0.525. The Balaban J connectivity index is 2.15. The summed E-state index contributed by atoms with van der Waals surface area (Å²) in [5, 5.41) is 3.99. The van der Waals surface area contributed by atoms with Gasteiger partial charge >= 0.3 is 0 Å². The summed E-state index contributed by atoms with van der Waals surface area (Å²) in [7, 11) is 6.02. The highest BCUT2D eigenvalue weighted by atomic mass is 16.5. The first-order valence-electron chi connectivity index (χ1n) is 8.52. The lowest BCUT2D eigenvalue weighted by Crippen LogP contribution is -2.18. The molecule has 0 aliphatic carbocycles. The summed E-state index contributed by atoms with van der Waals surface area (Å²) in [5.74, 6) is 1.98. The number of benzene rings is 2. The molecule has 0 saturated heterocycles. The van der Waals surface area contributed by atoms with Crippen LogP contribution < -0.4 is 29.1 Å². The normalized spacial score (nSPS) is 10.5. The third-order valence-corrected chi connectivity index (χ3v) is 3.79. The van der Waals surface area contributed by atoms with E-state index in [1.54, 1.807) is 31.4 Å². The molecule has 0 unspecified atom stereocenters. The predicted octanol–water partition coefficient (Wildman–Crippen LogP) is 2.88. The van der Waals surface area contributed by atoms with Crippen molar-refractivity contribution >= 4 is 12.1 Å². The van der Waals surface area contributed by atoms with Gasteiger partial charge in [-0.05, 0) is 42.8 Å². The molecule has 0 fully saturated rings. The zero-order valence-corrected chi connectivity index (χ0v) is 16.6. The van der Waals surface area contributed by atoms with E-state index in [9.17, 15) is 4.79 Å². The van der Waals surface area contributed by atoms with Crippen molar-refractivity contribution in [2.75, 3.05) is 35.0 Å². The largest absolute Gasteiger partial charge is 0.493 e. The van der Waals surface area contributed by atoms with Gasteiger partial charge in [0.1, 0.15) is 0 Å². The molecular formula is C20H24N2O6. The fraction of sp³-hybridized carbons (Fsp3) is 0.300. The van der Waals surface area contributed by atoms with E-state index in [4.69, 9.17) is 23.7 Å². The van der Waals surface area contributed by atoms with Crippen LogP contribution in [0.3, 0.4) is 0 Å². The zero-order chi connectivity index (χ0) is 20.5. The van der Waals surface area contributed by atoms with E-state index in [1.165, 1.54) is 27.5 Å². The first kappa shape index (κ1) is 20.9. The number of carbonyl (C=O) groups excluding carboxylic acids is 1. The van der Waals surface area contributed by atoms with Gasteiger partial charge < -0.3 is 23.7 Å². The van der Waals surface area contributed by atoms with Crippen LogP contribution in [0.15, 0.2) is 35.4 Å². The van der Waals surface area contributed by atoms with Gasteiger partial charge in [0, 0.05) is 5.56 Å². The molecule has 0 heterocycles. The van der Waals surface area contributed by atoms with Crippen LogP contribution >= 0.6 is 0 Å². The van der Waals surface area contributed by atoms with Gasteiger partial charge in [-0.15, -0.1) is 0 Å². The molecule has 2 aromatic carbocycles. The minimum Gasteiger partial charge on any atom is -0.493 e. The summed E-state index contributed by atoms with van der Waals surface area (Å²) in [6.45, 7) is 2.43. The van der Waals surface area contributed by atoms with Crippen LogP contribution in [0, 0.1) is 0 Å². The third kappa shape index (κ3) is 4.85. The summed E-state index contributed by atoms with van der Waals surface area (Å²) in [5.41, 5.74) is 3.53. The molecule has 0 radical (unpaired) electrons. The number of amides is 1. The highest BCUT2D eigenvalue weighted by Crippen LogP contribution is 2.38. The molecule has 8 heteroatoms. The third-order valence-electron chi connectivity index (χ3n) is 3.79. The topological polar surface area (TPSA) is 87.6 Å². The van der Waals surface area contributed by atoms with Crippen LogP contribution in [0.4, 0.5) is 0 Å². The molecule has 8 nitrogen and oxygen atoms in total. The van der Waals surface area contributed by atoms with E-state index in [2.05, 4.69) is 10.5 Å². The van der Waals surface area contributed by atoms with E-state index in [0.717, 1.165) is 5.56 Å². The van der Waals surface area contributed by atoms with Crippen molar-refractivity contribution in [1.29, 1.82) is 0 Å². The van der Waals surface area contributed by atoms with Crippen molar-refractivity contribution in [1.82, 2.24) is 5.43 Å². The summed E-state index contributed by atoms with van der Waals surface area (Å²) in [4.78, 5) is 12.4. The summed E-state index contributed by atoms with van der Waals surface area (Å²) >= 11 is 0. The second-order valence-corrected chi connectivity index (χ2v) is 5.46. The number of nitrogens with one attached hydrogen (secondary N) is 1. The average molecular weight is 388 g/mol. The number of rotatable bonds is 9. The smallest absolute Gasteiger partial charge is 0.271 e. The molecule has 0 aliphatic rings. The molecule has 2 rings (SSSR count). The number of hydrogen-bond donors (Lipinski definition) is 1. The number of methoxy groups -OCH3 is 4. The summed E-state index contributed by atoms with van der Waals surface area (Å²) in [6, 6.07) is 8.45. The number of hydrogen-bond acceptors (Lipinski definition) is 7. The van der Waals surface area contributed by atoms with Crippen molar-refractivity contribution in [3.05, 3.63) is 41.5 Å². The molecule has 0 atom stereocenters. The maximum Gasteiger partial charge on any atom is 0.271 e. The van der Waals surface area contributed by atoms with E-state index in [-0.39, 0.29) is 0 Å². The minimum atomic E-state index is -0.423. The molecule has 0 saturated carbocycles. The van der Waals surface area contributed by atoms with Crippen molar-refractivity contribution < 1.29 is 28.5 Å². The van der Waals surface area contributed by atoms with Crippen LogP contribution in [0.25, 0.3) is 0 Å². The first-order valence-corrected chi connectivity index (χ1v) is 8.52. The Morgan fingerprint density at radius 2 is 1.57 bits per heavy atom. The van der Waals surface area contributed by atoms with Crippen LogP contribution in [-0.2, 0) is 0 Å². The number of hydrazone groups is 1. The number of carbonyl (C=O) groups is 1. The molecule has 150 valence electrons. The highest BCUT2D eigenvalue weighted by Gasteiger charge is 2.16. The predicted molar refractivity (Wildman–Crippen MR) is 105 cm³/mol. The number of nitrogens with zero attached hydrogens (tertiary/aromatic N) is 1. The number of ether oxygens (including phenoxy) is 5. The van der Waals surface area contributed by atoms with E-state index < -0.39 is 5.91 Å². The Morgan fingerprint density at radius 3 is 2.11 bits per heavy atom. The van der Waals surface area contributed by atoms with Gasteiger partial charge in [0.2, 0.25) is 5.75 Å². The molecule has 0 aromatic heterocycles. The lowest BCUT2D eigenvalue weighted by molar-refractivity contribution is 0.0954. The fourth-order valence-corrected chi connectivity index (χ4v) is 2.48. The van der Waals surface area contributed by atoms with Crippen LogP contribution in [0.5, 0.6) is 28.7 Å². The fourth-order valence-electron chi connectivity index (χ4n) is 2.48. The lowest BCUT2D eigenvalue weighted by Gasteiger charge is -2.13. The van der Waals surface area contributed by atoms with Gasteiger partial charge in [0.05, 0.1) is 41.3 Å². The first-order chi connectivity index (χ1) is 13.6. The molecule has 0 aliphatic heterocycles. The summed E-state index contributed by atoms with van der Waals surface area (Å²) in [6.07, 6.45) is 1.51. The van der Waals surface area contributed by atoms with E-state index >= 15 is 0 Å². The van der Waals surface area contributed by atoms with E-state index in [0.29, 0.717) is 40.9 Å². The van der Waals surface area contributed by atoms with Crippen LogP contribution in [0.2, 0.25) is 0 Å². The Bertz CT molecular complexity index is 826. The Labute approximate surface area is 164 Å². The highest BCUT2D eigenvalue weighted by molar-refractivity contribution is 5.96. The van der Waals surface area contributed by atoms with Gasteiger partial charge in [0.25, 0.3) is 5.91 Å². The lowest BCUT2D eigenvalue weighted by atomic mass is 10.1. The van der Waals surface area contributed by atoms with E-state index in [1.807, 2.05) is 13.0 Å². The Kier molecular flexibility index (Phi) is 7.50. The van der Waals surface area contributed by atoms with Crippen molar-refractivity contribution in [3.63, 3.8) is 0 Å². The Morgan fingerprint density at radius 1 is 0.929 bits per heavy atom. The standard InChI is InChI=1S/C20H24N2O6/c1-6-28-15-8-7-13(9-16(15)24-2)12-21-22-20(23)14-10-17(25-3)19(27-5)18(11-14)26-4/h7-12H,6H2,1-5H3,(H,22,23). The average Bonchev–Trinajstić information content (AvgIpc) is 2.73. The molecule has 0 bridgehead atoms. The van der Waals surface area contributed by atoms with Crippen LogP contribution in [0.1, 0.15) is 22.8 Å². The second-order valence-electron chi connectivity index (χ2n) is 5.46. The molecule has 2 aromatic rings. The molecular weight excluding hydrogens is 364 g/mol. The molecule has 28 heavy (non-hydrogen) atoms. The van der Waals surface area contributed by atoms with Crippen LogP contribution in [-0.4, -0.2) is 47.2 Å². The molecule has 0 spiro atoms. The second kappa shape index (κ2) is 10.1. The maximum absolute atomic E-state index is 12.4. The SMILES string of the molecule is CCOc1ccc(C=NNC(=O)c2cc(OC)c(OC)c(OC)c2)cc1OC. The Hall–Kier alpha value is -3.42. The minimum absolute atomic E-state index is 0.316. The molecule has 1 amide bonds. The van der Waals surface area contributed by atoms with Gasteiger partial charge in [-0.25, -0.2) is 5.43 Å². The van der Waals surface area contributed by atoms with Crippen molar-refractivity contribution in [3.8, 4) is 28.7 Å². The molecule has 1 N–H and O–H groups in total. The monoisotopic (exact) mass is 388 g/mol. The van der Waals surface area contributed by atoms with Crippen molar-refractivity contribution in [2.45, 2.75) is 6.92 Å². The van der Waals surface area contributed by atoms with Gasteiger partial charge in [-0.1, -0.05) is 0 Å². The van der Waals surface area contributed by atoms with Gasteiger partial charge in [0.15, 0.2) is 23.0 Å².